The summed E-state index contributed by atoms with van der Waals surface area (Å²) in [5, 5.41) is 16.7. The molecule has 0 radical (unpaired) electrons. The van der Waals surface area contributed by atoms with Gasteiger partial charge in [0.2, 0.25) is 5.91 Å². The molecule has 0 aliphatic heterocycles. The Morgan fingerprint density at radius 1 is 1.52 bits per heavy atom. The van der Waals surface area contributed by atoms with E-state index in [-0.39, 0.29) is 19.0 Å². The van der Waals surface area contributed by atoms with E-state index >= 15 is 0 Å². The van der Waals surface area contributed by atoms with Crippen molar-refractivity contribution in [2.45, 2.75) is 31.0 Å². The highest BCUT2D eigenvalue weighted by molar-refractivity contribution is 5.87. The van der Waals surface area contributed by atoms with E-state index in [9.17, 15) is 19.1 Å². The Balaban J connectivity index is 1.44. The number of aromatic nitrogens is 2. The van der Waals surface area contributed by atoms with Crippen molar-refractivity contribution in [2.75, 3.05) is 20.1 Å². The van der Waals surface area contributed by atoms with E-state index < -0.39 is 23.1 Å². The molecule has 3 aliphatic rings. The molecule has 23 heavy (non-hydrogen) atoms. The number of hydrogen-bond donors (Lipinski definition) is 2. The molecule has 2 bridgehead atoms. The third-order valence-electron chi connectivity index (χ3n) is 4.93. The molecule has 1 aromatic heterocycles. The van der Waals surface area contributed by atoms with Crippen LogP contribution in [-0.4, -0.2) is 57.4 Å². The molecule has 0 spiro atoms. The zero-order valence-corrected chi connectivity index (χ0v) is 13.3. The molecule has 1 heterocycles. The van der Waals surface area contributed by atoms with Gasteiger partial charge in [-0.15, -0.1) is 0 Å². The summed E-state index contributed by atoms with van der Waals surface area (Å²) < 4.78 is 14.9. The van der Waals surface area contributed by atoms with Crippen molar-refractivity contribution in [1.29, 1.82) is 0 Å². The molecule has 0 saturated heterocycles. The Morgan fingerprint density at radius 3 is 2.70 bits per heavy atom. The number of alkyl halides is 1. The molecule has 1 atom stereocenters. The molecular formula is C15H21FN4O3. The maximum atomic E-state index is 13.4. The largest absolute Gasteiger partial charge is 0.377 e. The van der Waals surface area contributed by atoms with Gasteiger partial charge in [-0.25, -0.2) is 4.39 Å². The number of aryl methyl sites for hydroxylation is 1. The van der Waals surface area contributed by atoms with Crippen LogP contribution in [0.1, 0.15) is 31.1 Å². The Labute approximate surface area is 133 Å². The number of halogens is 1. The molecule has 2 N–H and O–H groups in total. The number of aliphatic hydroxyl groups excluding tert-OH is 1. The van der Waals surface area contributed by atoms with Crippen molar-refractivity contribution in [2.24, 2.45) is 12.5 Å². The Hall–Kier alpha value is -1.96. The van der Waals surface area contributed by atoms with Crippen LogP contribution >= 0.6 is 0 Å². The number of carbonyl (C=O) groups is 2. The Kier molecular flexibility index (Phi) is 3.66. The summed E-state index contributed by atoms with van der Waals surface area (Å²) in [6, 6.07) is 1.58. The van der Waals surface area contributed by atoms with Crippen molar-refractivity contribution >= 4 is 11.8 Å². The molecule has 1 aromatic rings. The van der Waals surface area contributed by atoms with Crippen LogP contribution in [-0.2, 0) is 16.6 Å². The maximum absolute atomic E-state index is 13.4. The summed E-state index contributed by atoms with van der Waals surface area (Å²) in [5.41, 5.74) is -1.20. The highest BCUT2D eigenvalue weighted by Crippen LogP contribution is 2.69. The lowest BCUT2D eigenvalue weighted by atomic mass is 9.42. The molecule has 2 amide bonds. The summed E-state index contributed by atoms with van der Waals surface area (Å²) in [4.78, 5) is 25.5. The minimum atomic E-state index is -1.28. The number of aliphatic hydroxyl groups is 1. The molecule has 3 aliphatic carbocycles. The lowest BCUT2D eigenvalue weighted by Crippen LogP contribution is -2.70. The fraction of sp³-hybridized carbons (Fsp3) is 0.667. The highest BCUT2D eigenvalue weighted by Gasteiger charge is 2.72. The van der Waals surface area contributed by atoms with Gasteiger partial charge in [0.1, 0.15) is 5.67 Å². The molecule has 126 valence electrons. The van der Waals surface area contributed by atoms with Crippen molar-refractivity contribution in [3.8, 4) is 0 Å². The lowest BCUT2D eigenvalue weighted by molar-refractivity contribution is -0.213. The third-order valence-corrected chi connectivity index (χ3v) is 4.93. The number of nitrogens with one attached hydrogen (secondary N) is 1. The molecule has 8 heteroatoms. The number of nitrogens with zero attached hydrogens (tertiary/aromatic N) is 3. The van der Waals surface area contributed by atoms with Gasteiger partial charge < -0.3 is 15.3 Å². The number of amides is 2. The quantitative estimate of drug-likeness (QED) is 0.766. The summed E-state index contributed by atoms with van der Waals surface area (Å²) in [7, 11) is 3.21. The second-order valence-corrected chi connectivity index (χ2v) is 6.76. The van der Waals surface area contributed by atoms with Crippen LogP contribution in [0.4, 0.5) is 4.39 Å². The Bertz CT molecular complexity index is 625. The van der Waals surface area contributed by atoms with Crippen LogP contribution < -0.4 is 5.32 Å². The maximum Gasteiger partial charge on any atom is 0.257 e. The first-order valence-corrected chi connectivity index (χ1v) is 7.65. The van der Waals surface area contributed by atoms with Crippen LogP contribution in [0.5, 0.6) is 0 Å². The van der Waals surface area contributed by atoms with E-state index in [0.29, 0.717) is 25.0 Å². The summed E-state index contributed by atoms with van der Waals surface area (Å²) >= 11 is 0. The van der Waals surface area contributed by atoms with E-state index in [1.165, 1.54) is 15.8 Å². The van der Waals surface area contributed by atoms with Crippen molar-refractivity contribution in [3.05, 3.63) is 18.0 Å². The topological polar surface area (TPSA) is 87.5 Å². The minimum absolute atomic E-state index is 0.134. The van der Waals surface area contributed by atoms with Gasteiger partial charge in [0.15, 0.2) is 6.10 Å². The molecular weight excluding hydrogens is 303 g/mol. The smallest absolute Gasteiger partial charge is 0.257 e. The van der Waals surface area contributed by atoms with Gasteiger partial charge in [-0.1, -0.05) is 0 Å². The molecule has 0 aromatic carbocycles. The van der Waals surface area contributed by atoms with Gasteiger partial charge in [0.05, 0.1) is 11.1 Å². The van der Waals surface area contributed by atoms with Crippen LogP contribution in [0.3, 0.4) is 0 Å². The first-order valence-electron chi connectivity index (χ1n) is 7.65. The zero-order valence-electron chi connectivity index (χ0n) is 13.3. The van der Waals surface area contributed by atoms with Crippen LogP contribution in [0.15, 0.2) is 12.3 Å². The first kappa shape index (κ1) is 15.9. The molecule has 7 nitrogen and oxygen atoms in total. The molecule has 3 saturated carbocycles. The fourth-order valence-corrected chi connectivity index (χ4v) is 3.53. The number of hydrogen-bond acceptors (Lipinski definition) is 4. The third kappa shape index (κ3) is 2.60. The van der Waals surface area contributed by atoms with Crippen molar-refractivity contribution in [3.63, 3.8) is 0 Å². The average molecular weight is 324 g/mol. The van der Waals surface area contributed by atoms with Gasteiger partial charge in [0.25, 0.3) is 5.91 Å². The van der Waals surface area contributed by atoms with Gasteiger partial charge in [0, 0.05) is 33.4 Å². The predicted molar refractivity (Wildman–Crippen MR) is 78.9 cm³/mol. The zero-order chi connectivity index (χ0) is 16.8. The predicted octanol–water partition coefficient (Wildman–Crippen LogP) is -0.0797. The fourth-order valence-electron chi connectivity index (χ4n) is 3.53. The summed E-state index contributed by atoms with van der Waals surface area (Å²) in [5.74, 6) is -0.596. The van der Waals surface area contributed by atoms with Crippen LogP contribution in [0.2, 0.25) is 0 Å². The van der Waals surface area contributed by atoms with E-state index in [1.807, 2.05) is 0 Å². The molecule has 4 rings (SSSR count). The van der Waals surface area contributed by atoms with Gasteiger partial charge in [-0.3, -0.25) is 14.3 Å². The van der Waals surface area contributed by atoms with Gasteiger partial charge >= 0.3 is 0 Å². The number of carbonyl (C=O) groups excluding carboxylic acids is 2. The molecule has 3 fully saturated rings. The average Bonchev–Trinajstić information content (AvgIpc) is 2.87. The standard InChI is InChI=1S/C15H21FN4O3/c1-19(12(22)11(21)10-3-4-18-20(10)2)6-5-17-13(23)14-7-15(16,8-14)9-14/h3-4,11,21H,5-9H2,1-2H3,(H,17,23). The van der Waals surface area contributed by atoms with E-state index in [2.05, 4.69) is 10.4 Å². The second kappa shape index (κ2) is 5.30. The summed E-state index contributed by atoms with van der Waals surface area (Å²) in [6.07, 6.45) is 1.18. The monoisotopic (exact) mass is 324 g/mol. The number of likely N-dealkylation sites (N-methyl/N-ethyl adjacent to an activating group) is 1. The lowest BCUT2D eigenvalue weighted by Gasteiger charge is -2.64. The number of rotatable bonds is 6. The van der Waals surface area contributed by atoms with E-state index in [0.717, 1.165) is 0 Å². The van der Waals surface area contributed by atoms with Gasteiger partial charge in [-0.05, 0) is 25.3 Å². The second-order valence-electron chi connectivity index (χ2n) is 6.76. The van der Waals surface area contributed by atoms with Gasteiger partial charge in [-0.2, -0.15) is 5.10 Å². The minimum Gasteiger partial charge on any atom is -0.377 e. The first-order chi connectivity index (χ1) is 10.8. The van der Waals surface area contributed by atoms with E-state index in [4.69, 9.17) is 0 Å². The van der Waals surface area contributed by atoms with Crippen molar-refractivity contribution < 1.29 is 19.1 Å². The van der Waals surface area contributed by atoms with Crippen molar-refractivity contribution in [1.82, 2.24) is 20.0 Å². The Morgan fingerprint density at radius 2 is 2.17 bits per heavy atom. The van der Waals surface area contributed by atoms with Crippen LogP contribution in [0, 0.1) is 5.41 Å². The SMILES string of the molecule is CN(CCNC(=O)C12CC(F)(C1)C2)C(=O)C(O)c1ccnn1C. The van der Waals surface area contributed by atoms with E-state index in [1.54, 1.807) is 20.2 Å². The summed E-state index contributed by atoms with van der Waals surface area (Å²) in [6.45, 7) is 0.552. The molecule has 1 unspecified atom stereocenters. The highest BCUT2D eigenvalue weighted by atomic mass is 19.1. The normalized spacial score (nSPS) is 29.2. The van der Waals surface area contributed by atoms with Crippen LogP contribution in [0.25, 0.3) is 0 Å².